The molecule has 3 nitrogen and oxygen atoms in total. The largest absolute Gasteiger partial charge is 0.334 e. The molecule has 1 aliphatic carbocycles. The Bertz CT molecular complexity index is 505. The molecule has 0 aromatic heterocycles. The zero-order chi connectivity index (χ0) is 17.5. The van der Waals surface area contributed by atoms with E-state index in [1.54, 1.807) is 0 Å². The molecule has 4 heteroatoms. The lowest BCUT2D eigenvalue weighted by Crippen LogP contribution is -2.26. The highest BCUT2D eigenvalue weighted by Crippen LogP contribution is 2.48. The van der Waals surface area contributed by atoms with E-state index in [2.05, 4.69) is 39.0 Å². The van der Waals surface area contributed by atoms with Crippen LogP contribution in [0.4, 0.5) is 0 Å². The summed E-state index contributed by atoms with van der Waals surface area (Å²) in [5.41, 5.74) is 2.83. The first-order valence-electron chi connectivity index (χ1n) is 8.64. The van der Waals surface area contributed by atoms with E-state index >= 15 is 0 Å². The van der Waals surface area contributed by atoms with Crippen molar-refractivity contribution in [1.29, 1.82) is 0 Å². The summed E-state index contributed by atoms with van der Waals surface area (Å²) in [6.45, 7) is 13.4. The highest BCUT2D eigenvalue weighted by atomic mass is 31.2. The highest BCUT2D eigenvalue weighted by molar-refractivity contribution is 7.54. The zero-order valence-electron chi connectivity index (χ0n) is 15.6. The van der Waals surface area contributed by atoms with Crippen LogP contribution in [0, 0.1) is 11.3 Å². The quantitative estimate of drug-likeness (QED) is 0.302. The van der Waals surface area contributed by atoms with Gasteiger partial charge in [-0.25, -0.2) is 0 Å². The van der Waals surface area contributed by atoms with Gasteiger partial charge in [0, 0.05) is 5.92 Å². The fourth-order valence-electron chi connectivity index (χ4n) is 3.09. The van der Waals surface area contributed by atoms with Crippen molar-refractivity contribution in [3.8, 4) is 0 Å². The molecule has 0 spiro atoms. The molecule has 1 unspecified atom stereocenters. The Morgan fingerprint density at radius 1 is 1.35 bits per heavy atom. The SMILES string of the molecule is CCOP(=O)(C/C=C(C)/C=C/C1C(C)=CCCC1(C)C)OCC. The van der Waals surface area contributed by atoms with Gasteiger partial charge in [0.1, 0.15) is 0 Å². The third-order valence-corrected chi connectivity index (χ3v) is 6.36. The van der Waals surface area contributed by atoms with Crippen LogP contribution in [0.3, 0.4) is 0 Å². The van der Waals surface area contributed by atoms with Crippen LogP contribution in [0.2, 0.25) is 0 Å². The van der Waals surface area contributed by atoms with Crippen LogP contribution in [0.5, 0.6) is 0 Å². The van der Waals surface area contributed by atoms with Crippen molar-refractivity contribution in [2.24, 2.45) is 11.3 Å². The van der Waals surface area contributed by atoms with Gasteiger partial charge in [-0.2, -0.15) is 0 Å². The first kappa shape index (κ1) is 20.4. The molecule has 0 aromatic carbocycles. The summed E-state index contributed by atoms with van der Waals surface area (Å²) in [4.78, 5) is 0. The maximum absolute atomic E-state index is 12.5. The Labute approximate surface area is 142 Å². The van der Waals surface area contributed by atoms with E-state index < -0.39 is 7.60 Å². The minimum Gasteiger partial charge on any atom is -0.309 e. The van der Waals surface area contributed by atoms with Crippen LogP contribution >= 0.6 is 7.60 Å². The van der Waals surface area contributed by atoms with Crippen molar-refractivity contribution in [1.82, 2.24) is 0 Å². The van der Waals surface area contributed by atoms with E-state index in [1.165, 1.54) is 18.4 Å². The Morgan fingerprint density at radius 2 is 1.96 bits per heavy atom. The van der Waals surface area contributed by atoms with E-state index in [4.69, 9.17) is 9.05 Å². The second-order valence-electron chi connectivity index (χ2n) is 6.89. The van der Waals surface area contributed by atoms with Gasteiger partial charge in [-0.05, 0) is 46.0 Å². The van der Waals surface area contributed by atoms with Gasteiger partial charge in [-0.1, -0.05) is 49.3 Å². The average molecular weight is 340 g/mol. The molecule has 0 saturated carbocycles. The first-order chi connectivity index (χ1) is 10.7. The van der Waals surface area contributed by atoms with Crippen LogP contribution in [0.25, 0.3) is 0 Å². The average Bonchev–Trinajstić information content (AvgIpc) is 2.44. The summed E-state index contributed by atoms with van der Waals surface area (Å²) >= 11 is 0. The maximum atomic E-state index is 12.5. The highest BCUT2D eigenvalue weighted by Gasteiger charge is 2.30. The molecule has 0 fully saturated rings. The van der Waals surface area contributed by atoms with Gasteiger partial charge in [0.25, 0.3) is 0 Å². The van der Waals surface area contributed by atoms with Gasteiger partial charge in [-0.3, -0.25) is 4.57 Å². The fourth-order valence-corrected chi connectivity index (χ4v) is 4.67. The monoisotopic (exact) mass is 340 g/mol. The number of rotatable bonds is 8. The Hall–Kier alpha value is -0.630. The van der Waals surface area contributed by atoms with E-state index in [1.807, 2.05) is 26.8 Å². The summed E-state index contributed by atoms with van der Waals surface area (Å²) in [7, 11) is -2.99. The maximum Gasteiger partial charge on any atom is 0.334 e. The molecule has 23 heavy (non-hydrogen) atoms. The lowest BCUT2D eigenvalue weighted by molar-refractivity contribution is 0.222. The Morgan fingerprint density at radius 3 is 2.48 bits per heavy atom. The summed E-state index contributed by atoms with van der Waals surface area (Å²) < 4.78 is 23.1. The number of allylic oxidation sites excluding steroid dienone is 6. The Balaban J connectivity index is 2.77. The van der Waals surface area contributed by atoms with E-state index in [0.29, 0.717) is 30.7 Å². The van der Waals surface area contributed by atoms with Gasteiger partial charge in [0.15, 0.2) is 0 Å². The summed E-state index contributed by atoms with van der Waals surface area (Å²) in [6.07, 6.45) is 11.4. The summed E-state index contributed by atoms with van der Waals surface area (Å²) in [5, 5.41) is 0. The van der Waals surface area contributed by atoms with E-state index in [-0.39, 0.29) is 0 Å². The van der Waals surface area contributed by atoms with Crippen molar-refractivity contribution in [2.45, 2.75) is 54.4 Å². The third kappa shape index (κ3) is 6.41. The Kier molecular flexibility index (Phi) is 8.00. The zero-order valence-corrected chi connectivity index (χ0v) is 16.5. The van der Waals surface area contributed by atoms with Crippen molar-refractivity contribution in [3.63, 3.8) is 0 Å². The summed E-state index contributed by atoms with van der Waals surface area (Å²) in [5.74, 6) is 0.463. The number of hydrogen-bond donors (Lipinski definition) is 0. The van der Waals surface area contributed by atoms with Gasteiger partial charge in [-0.15, -0.1) is 0 Å². The van der Waals surface area contributed by atoms with Crippen LogP contribution in [-0.2, 0) is 13.6 Å². The van der Waals surface area contributed by atoms with Gasteiger partial charge in [0.05, 0.1) is 19.4 Å². The van der Waals surface area contributed by atoms with Gasteiger partial charge >= 0.3 is 7.60 Å². The molecule has 0 aliphatic heterocycles. The fraction of sp³-hybridized carbons (Fsp3) is 0.684. The van der Waals surface area contributed by atoms with Crippen molar-refractivity contribution in [3.05, 3.63) is 35.5 Å². The van der Waals surface area contributed by atoms with Crippen LogP contribution < -0.4 is 0 Å². The lowest BCUT2D eigenvalue weighted by atomic mass is 9.68. The molecular weight excluding hydrogens is 307 g/mol. The standard InChI is InChI=1S/C19H33O3P/c1-7-21-23(20,22-8-2)15-13-16(3)11-12-18-17(4)10-9-14-19(18,5)6/h10-13,18H,7-9,14-15H2,1-6H3/b12-11+,16-13+. The van der Waals surface area contributed by atoms with E-state index in [9.17, 15) is 4.57 Å². The predicted molar refractivity (Wildman–Crippen MR) is 98.9 cm³/mol. The molecular formula is C19H33O3P. The first-order valence-corrected chi connectivity index (χ1v) is 10.4. The van der Waals surface area contributed by atoms with Crippen LogP contribution in [-0.4, -0.2) is 19.4 Å². The van der Waals surface area contributed by atoms with Gasteiger partial charge in [0.2, 0.25) is 0 Å². The van der Waals surface area contributed by atoms with Crippen molar-refractivity contribution < 1.29 is 13.6 Å². The molecule has 132 valence electrons. The number of hydrogen-bond acceptors (Lipinski definition) is 3. The van der Waals surface area contributed by atoms with E-state index in [0.717, 1.165) is 5.57 Å². The molecule has 0 radical (unpaired) electrons. The molecule has 0 aromatic rings. The molecule has 1 aliphatic rings. The molecule has 0 saturated heterocycles. The van der Waals surface area contributed by atoms with Crippen LogP contribution in [0.1, 0.15) is 54.4 Å². The second-order valence-corrected chi connectivity index (χ2v) is 8.99. The van der Waals surface area contributed by atoms with Crippen molar-refractivity contribution in [2.75, 3.05) is 19.4 Å². The van der Waals surface area contributed by atoms with Crippen molar-refractivity contribution >= 4 is 7.60 Å². The molecule has 1 atom stereocenters. The van der Waals surface area contributed by atoms with Crippen LogP contribution in [0.15, 0.2) is 35.5 Å². The molecule has 0 N–H and O–H groups in total. The topological polar surface area (TPSA) is 35.5 Å². The minimum absolute atomic E-state index is 0.293. The van der Waals surface area contributed by atoms with Gasteiger partial charge < -0.3 is 9.05 Å². The molecule has 1 rings (SSSR count). The normalized spacial score (nSPS) is 22.4. The molecule has 0 heterocycles. The molecule has 0 amide bonds. The molecule has 0 bridgehead atoms. The smallest absolute Gasteiger partial charge is 0.309 e. The third-order valence-electron chi connectivity index (χ3n) is 4.43. The predicted octanol–water partition coefficient (Wildman–Crippen LogP) is 6.14. The minimum atomic E-state index is -2.99. The second kappa shape index (κ2) is 9.01. The summed E-state index contributed by atoms with van der Waals surface area (Å²) in [6, 6.07) is 0. The lowest BCUT2D eigenvalue weighted by Gasteiger charge is -2.36.